The number of alkyl halides is 3. The minimum absolute atomic E-state index is 0.300. The van der Waals surface area contributed by atoms with Crippen LogP contribution in [0, 0.1) is 12.2 Å². The van der Waals surface area contributed by atoms with Crippen LogP contribution >= 0.6 is 0 Å². The Bertz CT molecular complexity index is 612. The molecule has 1 heterocycles. The molecule has 1 saturated heterocycles. The van der Waals surface area contributed by atoms with Crippen molar-refractivity contribution in [1.29, 1.82) is 0 Å². The largest absolute Gasteiger partial charge is 0.496 e. The molecule has 0 bridgehead atoms. The number of β-amino-alcohol motifs (C(OH)–C–C–N with tert-alkyl or cyclic N) is 1. The summed E-state index contributed by atoms with van der Waals surface area (Å²) in [6.45, 7) is 3.60. The van der Waals surface area contributed by atoms with Gasteiger partial charge in [-0.2, -0.15) is 13.2 Å². The average Bonchev–Trinajstić information content (AvgIpc) is 2.54. The highest BCUT2D eigenvalue weighted by atomic mass is 19.4. The van der Waals surface area contributed by atoms with Crippen molar-refractivity contribution in [3.63, 3.8) is 0 Å². The molecule has 1 N–H and O–H groups in total. The molecule has 1 aromatic rings. The van der Waals surface area contributed by atoms with Crippen molar-refractivity contribution >= 4 is 0 Å². The zero-order valence-electron chi connectivity index (χ0n) is 15.4. The number of ether oxygens (including phenoxy) is 1. The molecule has 0 aliphatic carbocycles. The molecule has 1 aliphatic rings. The fourth-order valence-electron chi connectivity index (χ4n) is 3.61. The van der Waals surface area contributed by atoms with E-state index in [1.165, 1.54) is 25.3 Å². The van der Waals surface area contributed by atoms with Gasteiger partial charge in [-0.1, -0.05) is 13.8 Å². The smallest absolute Gasteiger partial charge is 0.418 e. The maximum absolute atomic E-state index is 13.8. The SMILES string of the molecule is COc1ccc(F)cc1C(C)(C)CC(O)(CN1CC[CH]CC1)C(F)(F)F. The molecule has 0 spiro atoms. The van der Waals surface area contributed by atoms with Gasteiger partial charge in [-0.05, 0) is 62.4 Å². The molecule has 2 rings (SSSR count). The topological polar surface area (TPSA) is 32.7 Å². The number of hydrogen-bond donors (Lipinski definition) is 1. The summed E-state index contributed by atoms with van der Waals surface area (Å²) >= 11 is 0. The number of methoxy groups -OCH3 is 1. The first-order valence-corrected chi connectivity index (χ1v) is 8.66. The van der Waals surface area contributed by atoms with E-state index in [1.807, 2.05) is 6.42 Å². The number of rotatable bonds is 6. The van der Waals surface area contributed by atoms with Gasteiger partial charge < -0.3 is 14.7 Å². The molecule has 0 saturated carbocycles. The molecule has 1 atom stereocenters. The number of halogens is 4. The second kappa shape index (κ2) is 7.72. The van der Waals surface area contributed by atoms with Crippen molar-refractivity contribution < 1.29 is 27.4 Å². The van der Waals surface area contributed by atoms with E-state index >= 15 is 0 Å². The van der Waals surface area contributed by atoms with Gasteiger partial charge in [0.05, 0.1) is 7.11 Å². The standard InChI is InChI=1S/C19H26F4NO2/c1-17(2,15-11-14(20)7-8-16(15)26-3)12-18(25,19(21,22)23)13-24-9-5-4-6-10-24/h4,7-8,11,25H,5-6,9-10,12-13H2,1-3H3. The lowest BCUT2D eigenvalue weighted by molar-refractivity contribution is -0.271. The van der Waals surface area contributed by atoms with Gasteiger partial charge in [-0.25, -0.2) is 4.39 Å². The van der Waals surface area contributed by atoms with E-state index in [0.29, 0.717) is 37.2 Å². The van der Waals surface area contributed by atoms with Crippen molar-refractivity contribution in [3.8, 4) is 5.75 Å². The summed E-state index contributed by atoms with van der Waals surface area (Å²) < 4.78 is 60.2. The third-order valence-electron chi connectivity index (χ3n) is 4.94. The van der Waals surface area contributed by atoms with Crippen LogP contribution in [0.4, 0.5) is 17.6 Å². The van der Waals surface area contributed by atoms with Crippen LogP contribution in [-0.4, -0.2) is 48.5 Å². The molecule has 3 nitrogen and oxygen atoms in total. The van der Waals surface area contributed by atoms with Gasteiger partial charge in [0.2, 0.25) is 0 Å². The quantitative estimate of drug-likeness (QED) is 0.759. The van der Waals surface area contributed by atoms with E-state index in [9.17, 15) is 22.7 Å². The number of nitrogens with zero attached hydrogens (tertiary/aromatic N) is 1. The van der Waals surface area contributed by atoms with Gasteiger partial charge in [-0.15, -0.1) is 0 Å². The van der Waals surface area contributed by atoms with Gasteiger partial charge in [0.15, 0.2) is 5.60 Å². The molecule has 7 heteroatoms. The molecule has 26 heavy (non-hydrogen) atoms. The van der Waals surface area contributed by atoms with Gasteiger partial charge in [0, 0.05) is 12.1 Å². The molecule has 147 valence electrons. The van der Waals surface area contributed by atoms with E-state index in [2.05, 4.69) is 0 Å². The minimum Gasteiger partial charge on any atom is -0.496 e. The summed E-state index contributed by atoms with van der Waals surface area (Å²) in [6, 6.07) is 3.75. The van der Waals surface area contributed by atoms with Crippen LogP contribution < -0.4 is 4.74 Å². The van der Waals surface area contributed by atoms with Crippen LogP contribution in [0.5, 0.6) is 5.75 Å². The van der Waals surface area contributed by atoms with Crippen LogP contribution in [-0.2, 0) is 5.41 Å². The molecular formula is C19H26F4NO2. The molecule has 0 aromatic heterocycles. The minimum atomic E-state index is -4.80. The highest BCUT2D eigenvalue weighted by Crippen LogP contribution is 2.44. The van der Waals surface area contributed by atoms with Crippen LogP contribution in [0.15, 0.2) is 18.2 Å². The number of likely N-dealkylation sites (tertiary alicyclic amines) is 1. The van der Waals surface area contributed by atoms with E-state index in [4.69, 9.17) is 4.74 Å². The lowest BCUT2D eigenvalue weighted by Crippen LogP contribution is -2.57. The highest BCUT2D eigenvalue weighted by Gasteiger charge is 2.56. The van der Waals surface area contributed by atoms with Crippen molar-refractivity contribution in [2.75, 3.05) is 26.7 Å². The summed E-state index contributed by atoms with van der Waals surface area (Å²) in [5.74, 6) is -0.260. The van der Waals surface area contributed by atoms with Gasteiger partial charge >= 0.3 is 6.18 Å². The van der Waals surface area contributed by atoms with E-state index < -0.39 is 36.0 Å². The van der Waals surface area contributed by atoms with Crippen molar-refractivity contribution in [2.24, 2.45) is 0 Å². The zero-order valence-corrected chi connectivity index (χ0v) is 15.4. The van der Waals surface area contributed by atoms with Gasteiger partial charge in [0.25, 0.3) is 0 Å². The second-order valence-corrected chi connectivity index (χ2v) is 7.58. The normalized spacial score (nSPS) is 19.2. The Labute approximate surface area is 151 Å². The molecule has 1 aromatic carbocycles. The lowest BCUT2D eigenvalue weighted by atomic mass is 9.74. The lowest BCUT2D eigenvalue weighted by Gasteiger charge is -2.41. The Morgan fingerprint density at radius 3 is 2.31 bits per heavy atom. The fraction of sp³-hybridized carbons (Fsp3) is 0.632. The molecule has 1 aliphatic heterocycles. The molecular weight excluding hydrogens is 350 g/mol. The third-order valence-corrected chi connectivity index (χ3v) is 4.94. The zero-order chi connectivity index (χ0) is 19.6. The Kier molecular flexibility index (Phi) is 6.23. The summed E-state index contributed by atoms with van der Waals surface area (Å²) in [5.41, 5.74) is -3.75. The van der Waals surface area contributed by atoms with Crippen molar-refractivity contribution in [2.45, 2.75) is 50.3 Å². The van der Waals surface area contributed by atoms with Crippen LogP contribution in [0.25, 0.3) is 0 Å². The maximum atomic E-state index is 13.8. The van der Waals surface area contributed by atoms with Crippen LogP contribution in [0.2, 0.25) is 0 Å². The molecule has 1 radical (unpaired) electrons. The Hall–Kier alpha value is -1.34. The first-order chi connectivity index (χ1) is 12.0. The molecule has 1 unspecified atom stereocenters. The summed E-state index contributed by atoms with van der Waals surface area (Å²) in [4.78, 5) is 1.63. The van der Waals surface area contributed by atoms with E-state index in [1.54, 1.807) is 18.7 Å². The first kappa shape index (κ1) is 21.0. The van der Waals surface area contributed by atoms with Crippen LogP contribution in [0.1, 0.15) is 38.7 Å². The second-order valence-electron chi connectivity index (χ2n) is 7.58. The Morgan fingerprint density at radius 1 is 1.15 bits per heavy atom. The fourth-order valence-corrected chi connectivity index (χ4v) is 3.61. The molecule has 1 fully saturated rings. The van der Waals surface area contributed by atoms with Crippen LogP contribution in [0.3, 0.4) is 0 Å². The van der Waals surface area contributed by atoms with Gasteiger partial charge in [0.1, 0.15) is 11.6 Å². The van der Waals surface area contributed by atoms with Gasteiger partial charge in [-0.3, -0.25) is 0 Å². The highest BCUT2D eigenvalue weighted by molar-refractivity contribution is 5.39. The van der Waals surface area contributed by atoms with Crippen molar-refractivity contribution in [1.82, 2.24) is 4.90 Å². The predicted octanol–water partition coefficient (Wildman–Crippen LogP) is 4.10. The van der Waals surface area contributed by atoms with E-state index in [0.717, 1.165) is 0 Å². The monoisotopic (exact) mass is 376 g/mol. The third kappa shape index (κ3) is 4.68. The van der Waals surface area contributed by atoms with Crippen molar-refractivity contribution in [3.05, 3.63) is 36.0 Å². The summed E-state index contributed by atoms with van der Waals surface area (Å²) in [6.07, 6.45) is -1.95. The molecule has 0 amide bonds. The number of piperidine rings is 1. The average molecular weight is 376 g/mol. The number of aliphatic hydroxyl groups is 1. The Balaban J connectivity index is 2.33. The summed E-state index contributed by atoms with van der Waals surface area (Å²) in [7, 11) is 1.38. The van der Waals surface area contributed by atoms with E-state index in [-0.39, 0.29) is 0 Å². The number of benzene rings is 1. The maximum Gasteiger partial charge on any atom is 0.418 e. The predicted molar refractivity (Wildman–Crippen MR) is 91.6 cm³/mol. The Morgan fingerprint density at radius 2 is 1.77 bits per heavy atom. The first-order valence-electron chi connectivity index (χ1n) is 8.66. The summed E-state index contributed by atoms with van der Waals surface area (Å²) in [5, 5.41) is 10.6. The number of hydrogen-bond acceptors (Lipinski definition) is 3.